The molecular formula is C20H29FN2O4. The van der Waals surface area contributed by atoms with E-state index in [4.69, 9.17) is 9.47 Å². The Bertz CT molecular complexity index is 728. The fraction of sp³-hybridized carbons (Fsp3) is 0.600. The second-order valence-corrected chi connectivity index (χ2v) is 9.01. The molecule has 1 aromatic carbocycles. The van der Waals surface area contributed by atoms with Crippen LogP contribution in [0.3, 0.4) is 0 Å². The highest BCUT2D eigenvalue weighted by Crippen LogP contribution is 2.34. The Labute approximate surface area is 160 Å². The molecule has 1 N–H and O–H groups in total. The summed E-state index contributed by atoms with van der Waals surface area (Å²) in [6.45, 7) is 12.6. The van der Waals surface area contributed by atoms with Crippen LogP contribution in [-0.2, 0) is 15.0 Å². The molecule has 1 aliphatic rings. The second-order valence-electron chi connectivity index (χ2n) is 9.01. The monoisotopic (exact) mass is 380 g/mol. The lowest BCUT2D eigenvalue weighted by Gasteiger charge is -2.50. The number of hydrogen-bond acceptors (Lipinski definition) is 4. The molecule has 27 heavy (non-hydrogen) atoms. The molecule has 0 radical (unpaired) electrons. The first-order chi connectivity index (χ1) is 12.2. The highest BCUT2D eigenvalue weighted by Gasteiger charge is 2.49. The Kier molecular flexibility index (Phi) is 5.46. The van der Waals surface area contributed by atoms with Gasteiger partial charge in [0.2, 0.25) is 0 Å². The number of carbonyl (C=O) groups is 2. The van der Waals surface area contributed by atoms with E-state index in [1.54, 1.807) is 60.6 Å². The SMILES string of the molecule is Cc1ccc(C2(NC(=O)OC(C)(C)C)CN(C(=O)OC(C)(C)C)C2)cc1F. The molecule has 2 rings (SSSR count). The molecule has 6 nitrogen and oxygen atoms in total. The Balaban J connectivity index is 2.22. The third kappa shape index (κ3) is 5.34. The van der Waals surface area contributed by atoms with Gasteiger partial charge in [-0.25, -0.2) is 14.0 Å². The van der Waals surface area contributed by atoms with Gasteiger partial charge in [0, 0.05) is 0 Å². The topological polar surface area (TPSA) is 67.9 Å². The summed E-state index contributed by atoms with van der Waals surface area (Å²) in [7, 11) is 0. The maximum atomic E-state index is 14.1. The predicted molar refractivity (Wildman–Crippen MR) is 100.0 cm³/mol. The van der Waals surface area contributed by atoms with Gasteiger partial charge in [0.15, 0.2) is 0 Å². The van der Waals surface area contributed by atoms with Crippen molar-refractivity contribution in [2.24, 2.45) is 0 Å². The number of amides is 2. The molecule has 0 atom stereocenters. The van der Waals surface area contributed by atoms with Crippen molar-refractivity contribution in [1.82, 2.24) is 10.2 Å². The number of benzene rings is 1. The summed E-state index contributed by atoms with van der Waals surface area (Å²) in [4.78, 5) is 26.1. The summed E-state index contributed by atoms with van der Waals surface area (Å²) in [6, 6.07) is 4.79. The minimum Gasteiger partial charge on any atom is -0.444 e. The lowest BCUT2D eigenvalue weighted by molar-refractivity contribution is -0.0230. The number of alkyl carbamates (subject to hydrolysis) is 1. The predicted octanol–water partition coefficient (Wildman–Crippen LogP) is 4.10. The lowest BCUT2D eigenvalue weighted by Crippen LogP contribution is -2.69. The van der Waals surface area contributed by atoms with Crippen LogP contribution in [-0.4, -0.2) is 41.4 Å². The van der Waals surface area contributed by atoms with Gasteiger partial charge in [0.1, 0.15) is 22.6 Å². The van der Waals surface area contributed by atoms with Crippen LogP contribution in [0.15, 0.2) is 18.2 Å². The van der Waals surface area contributed by atoms with Crippen molar-refractivity contribution in [2.75, 3.05) is 13.1 Å². The van der Waals surface area contributed by atoms with E-state index in [0.29, 0.717) is 11.1 Å². The molecular weight excluding hydrogens is 351 g/mol. The van der Waals surface area contributed by atoms with Crippen molar-refractivity contribution < 1.29 is 23.5 Å². The fourth-order valence-electron chi connectivity index (χ4n) is 2.78. The Morgan fingerprint density at radius 2 is 1.63 bits per heavy atom. The lowest BCUT2D eigenvalue weighted by atomic mass is 9.82. The number of nitrogens with zero attached hydrogens (tertiary/aromatic N) is 1. The van der Waals surface area contributed by atoms with Gasteiger partial charge in [-0.15, -0.1) is 0 Å². The average molecular weight is 380 g/mol. The van der Waals surface area contributed by atoms with Gasteiger partial charge in [-0.3, -0.25) is 0 Å². The molecule has 0 aliphatic carbocycles. The molecule has 1 saturated heterocycles. The van der Waals surface area contributed by atoms with Gasteiger partial charge >= 0.3 is 12.2 Å². The molecule has 2 amide bonds. The first kappa shape index (κ1) is 21.0. The summed E-state index contributed by atoms with van der Waals surface area (Å²) < 4.78 is 24.8. The Morgan fingerprint density at radius 3 is 2.11 bits per heavy atom. The van der Waals surface area contributed by atoms with Crippen molar-refractivity contribution in [3.05, 3.63) is 35.1 Å². The quantitative estimate of drug-likeness (QED) is 0.839. The third-order valence-electron chi connectivity index (χ3n) is 4.04. The number of carbonyl (C=O) groups excluding carboxylic acids is 2. The molecule has 1 aromatic rings. The van der Waals surface area contributed by atoms with Gasteiger partial charge < -0.3 is 19.7 Å². The average Bonchev–Trinajstić information content (AvgIpc) is 2.41. The summed E-state index contributed by atoms with van der Waals surface area (Å²) in [5.41, 5.74) is -1.12. The van der Waals surface area contributed by atoms with E-state index in [1.807, 2.05) is 0 Å². The molecule has 1 fully saturated rings. The van der Waals surface area contributed by atoms with Crippen LogP contribution >= 0.6 is 0 Å². The fourth-order valence-corrected chi connectivity index (χ4v) is 2.78. The van der Waals surface area contributed by atoms with Gasteiger partial charge in [-0.1, -0.05) is 12.1 Å². The summed E-state index contributed by atoms with van der Waals surface area (Å²) in [6.07, 6.45) is -1.09. The van der Waals surface area contributed by atoms with Crippen LogP contribution in [0, 0.1) is 12.7 Å². The van der Waals surface area contributed by atoms with Crippen molar-refractivity contribution in [3.8, 4) is 0 Å². The molecule has 150 valence electrons. The van der Waals surface area contributed by atoms with E-state index < -0.39 is 28.9 Å². The van der Waals surface area contributed by atoms with Crippen LogP contribution in [0.5, 0.6) is 0 Å². The highest BCUT2D eigenvalue weighted by atomic mass is 19.1. The van der Waals surface area contributed by atoms with E-state index in [1.165, 1.54) is 11.0 Å². The standard InChI is InChI=1S/C20H29FN2O4/c1-13-8-9-14(10-15(13)21)20(22-16(24)26-18(2,3)4)11-23(12-20)17(25)27-19(5,6)7/h8-10H,11-12H2,1-7H3,(H,22,24). The van der Waals surface area contributed by atoms with E-state index in [-0.39, 0.29) is 18.9 Å². The molecule has 7 heteroatoms. The van der Waals surface area contributed by atoms with Gasteiger partial charge in [-0.2, -0.15) is 0 Å². The minimum absolute atomic E-state index is 0.170. The minimum atomic E-state index is -0.923. The van der Waals surface area contributed by atoms with Crippen molar-refractivity contribution >= 4 is 12.2 Å². The van der Waals surface area contributed by atoms with Crippen molar-refractivity contribution in [3.63, 3.8) is 0 Å². The van der Waals surface area contributed by atoms with Gasteiger partial charge in [-0.05, 0) is 65.7 Å². The molecule has 0 saturated carbocycles. The van der Waals surface area contributed by atoms with E-state index in [0.717, 1.165) is 0 Å². The van der Waals surface area contributed by atoms with Crippen LogP contribution in [0.25, 0.3) is 0 Å². The maximum absolute atomic E-state index is 14.1. The number of hydrogen-bond donors (Lipinski definition) is 1. The van der Waals surface area contributed by atoms with Gasteiger partial charge in [0.25, 0.3) is 0 Å². The normalized spacial score (nSPS) is 16.4. The van der Waals surface area contributed by atoms with Crippen LogP contribution in [0.1, 0.15) is 52.7 Å². The van der Waals surface area contributed by atoms with E-state index in [2.05, 4.69) is 5.32 Å². The number of likely N-dealkylation sites (tertiary alicyclic amines) is 1. The van der Waals surface area contributed by atoms with Gasteiger partial charge in [0.05, 0.1) is 13.1 Å². The number of halogens is 1. The molecule has 0 unspecified atom stereocenters. The Hall–Kier alpha value is -2.31. The van der Waals surface area contributed by atoms with Crippen LogP contribution in [0.4, 0.5) is 14.0 Å². The molecule has 0 spiro atoms. The van der Waals surface area contributed by atoms with E-state index >= 15 is 0 Å². The summed E-state index contributed by atoms with van der Waals surface area (Å²) in [5.74, 6) is -0.367. The summed E-state index contributed by atoms with van der Waals surface area (Å²) in [5, 5.41) is 2.82. The van der Waals surface area contributed by atoms with Crippen molar-refractivity contribution in [2.45, 2.75) is 65.2 Å². The zero-order valence-corrected chi connectivity index (χ0v) is 17.1. The zero-order chi connectivity index (χ0) is 20.6. The first-order valence-corrected chi connectivity index (χ1v) is 8.96. The second kappa shape index (κ2) is 7.02. The summed E-state index contributed by atoms with van der Waals surface area (Å²) >= 11 is 0. The maximum Gasteiger partial charge on any atom is 0.410 e. The van der Waals surface area contributed by atoms with Crippen molar-refractivity contribution in [1.29, 1.82) is 0 Å². The largest absolute Gasteiger partial charge is 0.444 e. The smallest absolute Gasteiger partial charge is 0.410 e. The number of nitrogens with one attached hydrogen (secondary N) is 1. The highest BCUT2D eigenvalue weighted by molar-refractivity contribution is 5.73. The molecule has 1 aliphatic heterocycles. The molecule has 1 heterocycles. The zero-order valence-electron chi connectivity index (χ0n) is 17.1. The number of aryl methyl sites for hydroxylation is 1. The molecule has 0 bridgehead atoms. The molecule has 0 aromatic heterocycles. The van der Waals surface area contributed by atoms with Crippen LogP contribution in [0.2, 0.25) is 0 Å². The third-order valence-corrected chi connectivity index (χ3v) is 4.04. The first-order valence-electron chi connectivity index (χ1n) is 8.96. The Morgan fingerprint density at radius 1 is 1.07 bits per heavy atom. The van der Waals surface area contributed by atoms with E-state index in [9.17, 15) is 14.0 Å². The number of ether oxygens (including phenoxy) is 2. The van der Waals surface area contributed by atoms with Crippen LogP contribution < -0.4 is 5.32 Å². The number of rotatable bonds is 2.